The second-order valence-electron chi connectivity index (χ2n) is 6.20. The highest BCUT2D eigenvalue weighted by molar-refractivity contribution is 5.96. The van der Waals surface area contributed by atoms with Crippen molar-refractivity contribution in [2.75, 3.05) is 13.1 Å². The lowest BCUT2D eigenvalue weighted by molar-refractivity contribution is -0.123. The van der Waals surface area contributed by atoms with E-state index in [4.69, 9.17) is 5.73 Å². The number of benzene rings is 1. The number of piperidine rings is 1. The Hall–Kier alpha value is -1.84. The van der Waals surface area contributed by atoms with E-state index in [-0.39, 0.29) is 17.7 Å². The summed E-state index contributed by atoms with van der Waals surface area (Å²) in [6, 6.07) is 6.09. The van der Waals surface area contributed by atoms with Crippen molar-refractivity contribution in [3.05, 3.63) is 34.9 Å². The molecule has 0 unspecified atom stereocenters. The van der Waals surface area contributed by atoms with E-state index >= 15 is 0 Å². The van der Waals surface area contributed by atoms with Crippen molar-refractivity contribution < 1.29 is 9.59 Å². The number of nitrogens with two attached hydrogens (primary N) is 1. The first-order chi connectivity index (χ1) is 9.90. The van der Waals surface area contributed by atoms with Gasteiger partial charge in [-0.1, -0.05) is 26.0 Å². The molecule has 1 aliphatic heterocycles. The zero-order chi connectivity index (χ0) is 15.6. The Balaban J connectivity index is 2.14. The minimum Gasteiger partial charge on any atom is -0.369 e. The summed E-state index contributed by atoms with van der Waals surface area (Å²) < 4.78 is 0. The molecule has 2 N–H and O–H groups in total. The van der Waals surface area contributed by atoms with Crippen LogP contribution in [0.15, 0.2) is 18.2 Å². The molecule has 0 bridgehead atoms. The minimum absolute atomic E-state index is 0.0675. The fourth-order valence-electron chi connectivity index (χ4n) is 2.77. The second kappa shape index (κ2) is 6.29. The van der Waals surface area contributed by atoms with Crippen molar-refractivity contribution in [2.45, 2.75) is 39.5 Å². The Bertz CT molecular complexity index is 544. The smallest absolute Gasteiger partial charge is 0.254 e. The third-order valence-electron chi connectivity index (χ3n) is 4.34. The molecule has 1 heterocycles. The molecule has 0 aliphatic carbocycles. The highest BCUT2D eigenvalue weighted by atomic mass is 16.2. The lowest BCUT2D eigenvalue weighted by atomic mass is 9.94. The van der Waals surface area contributed by atoms with Gasteiger partial charge in [-0.05, 0) is 42.9 Å². The highest BCUT2D eigenvalue weighted by Crippen LogP contribution is 2.23. The van der Waals surface area contributed by atoms with Crippen LogP contribution in [0.25, 0.3) is 0 Å². The van der Waals surface area contributed by atoms with Crippen molar-refractivity contribution in [2.24, 2.45) is 11.7 Å². The van der Waals surface area contributed by atoms with Gasteiger partial charge < -0.3 is 10.6 Å². The molecule has 1 fully saturated rings. The van der Waals surface area contributed by atoms with Gasteiger partial charge in [0.15, 0.2) is 0 Å². The number of hydrogen-bond donors (Lipinski definition) is 1. The van der Waals surface area contributed by atoms with Crippen molar-refractivity contribution >= 4 is 11.8 Å². The van der Waals surface area contributed by atoms with E-state index in [1.807, 2.05) is 24.0 Å². The first kappa shape index (κ1) is 15.5. The van der Waals surface area contributed by atoms with E-state index in [0.717, 1.165) is 11.1 Å². The van der Waals surface area contributed by atoms with E-state index in [1.54, 1.807) is 0 Å². The van der Waals surface area contributed by atoms with Gasteiger partial charge in [-0.2, -0.15) is 0 Å². The van der Waals surface area contributed by atoms with Crippen molar-refractivity contribution in [3.63, 3.8) is 0 Å². The fraction of sp³-hybridized carbons (Fsp3) is 0.529. The van der Waals surface area contributed by atoms with Crippen LogP contribution in [0.5, 0.6) is 0 Å². The Morgan fingerprint density at radius 2 is 1.86 bits per heavy atom. The number of aryl methyl sites for hydroxylation is 1. The fourth-order valence-corrected chi connectivity index (χ4v) is 2.77. The standard InChI is InChI=1S/C17H24N2O2/c1-11(2)14-5-4-12(3)15(10-14)17(21)19-8-6-13(7-9-19)16(18)20/h4-5,10-11,13H,6-9H2,1-3H3,(H2,18,20). The van der Waals surface area contributed by atoms with Gasteiger partial charge in [0, 0.05) is 24.6 Å². The number of amides is 2. The summed E-state index contributed by atoms with van der Waals surface area (Å²) in [5, 5.41) is 0. The molecule has 0 spiro atoms. The predicted octanol–water partition coefficient (Wildman–Crippen LogP) is 2.46. The van der Waals surface area contributed by atoms with Crippen LogP contribution in [0.1, 0.15) is 54.1 Å². The third-order valence-corrected chi connectivity index (χ3v) is 4.34. The molecule has 0 aromatic heterocycles. The average molecular weight is 288 g/mol. The maximum Gasteiger partial charge on any atom is 0.254 e. The van der Waals surface area contributed by atoms with E-state index in [2.05, 4.69) is 19.9 Å². The molecule has 2 rings (SSSR count). The summed E-state index contributed by atoms with van der Waals surface area (Å²) in [4.78, 5) is 25.7. The molecular formula is C17H24N2O2. The van der Waals surface area contributed by atoms with Gasteiger partial charge in [-0.25, -0.2) is 0 Å². The molecule has 2 amide bonds. The Labute approximate surface area is 126 Å². The molecule has 1 saturated heterocycles. The van der Waals surface area contributed by atoms with Gasteiger partial charge in [-0.15, -0.1) is 0 Å². The van der Waals surface area contributed by atoms with Crippen LogP contribution in [0.3, 0.4) is 0 Å². The normalized spacial score (nSPS) is 16.3. The molecule has 1 aromatic rings. The number of likely N-dealkylation sites (tertiary alicyclic amines) is 1. The molecular weight excluding hydrogens is 264 g/mol. The number of nitrogens with zero attached hydrogens (tertiary/aromatic N) is 1. The molecule has 114 valence electrons. The number of carbonyl (C=O) groups excluding carboxylic acids is 2. The molecule has 0 saturated carbocycles. The zero-order valence-electron chi connectivity index (χ0n) is 13.1. The van der Waals surface area contributed by atoms with Crippen molar-refractivity contribution in [1.82, 2.24) is 4.90 Å². The zero-order valence-corrected chi connectivity index (χ0v) is 13.1. The molecule has 21 heavy (non-hydrogen) atoms. The number of primary amides is 1. The van der Waals surface area contributed by atoms with Crippen LogP contribution < -0.4 is 5.73 Å². The van der Waals surface area contributed by atoms with Gasteiger partial charge >= 0.3 is 0 Å². The highest BCUT2D eigenvalue weighted by Gasteiger charge is 2.27. The van der Waals surface area contributed by atoms with E-state index in [9.17, 15) is 9.59 Å². The first-order valence-electron chi connectivity index (χ1n) is 7.59. The van der Waals surface area contributed by atoms with Crippen molar-refractivity contribution in [1.29, 1.82) is 0 Å². The molecule has 4 heteroatoms. The van der Waals surface area contributed by atoms with Gasteiger partial charge in [-0.3, -0.25) is 9.59 Å². The number of carbonyl (C=O) groups is 2. The average Bonchev–Trinajstić information content (AvgIpc) is 2.47. The Morgan fingerprint density at radius 1 is 1.24 bits per heavy atom. The molecule has 0 radical (unpaired) electrons. The summed E-state index contributed by atoms with van der Waals surface area (Å²) >= 11 is 0. The van der Waals surface area contributed by atoms with Crippen LogP contribution in [0.4, 0.5) is 0 Å². The molecule has 1 aliphatic rings. The SMILES string of the molecule is Cc1ccc(C(C)C)cc1C(=O)N1CCC(C(N)=O)CC1. The quantitative estimate of drug-likeness (QED) is 0.928. The van der Waals surface area contributed by atoms with Crippen LogP contribution >= 0.6 is 0 Å². The third kappa shape index (κ3) is 3.43. The monoisotopic (exact) mass is 288 g/mol. The number of rotatable bonds is 3. The molecule has 1 aromatic carbocycles. The maximum absolute atomic E-state index is 12.7. The van der Waals surface area contributed by atoms with Gasteiger partial charge in [0.05, 0.1) is 0 Å². The second-order valence-corrected chi connectivity index (χ2v) is 6.20. The van der Waals surface area contributed by atoms with Crippen LogP contribution in [0.2, 0.25) is 0 Å². The van der Waals surface area contributed by atoms with Crippen LogP contribution in [-0.4, -0.2) is 29.8 Å². The summed E-state index contributed by atoms with van der Waals surface area (Å²) in [6.45, 7) is 7.43. The topological polar surface area (TPSA) is 63.4 Å². The van der Waals surface area contributed by atoms with E-state index in [1.165, 1.54) is 5.56 Å². The van der Waals surface area contributed by atoms with Crippen molar-refractivity contribution in [3.8, 4) is 0 Å². The lowest BCUT2D eigenvalue weighted by Gasteiger charge is -2.31. The lowest BCUT2D eigenvalue weighted by Crippen LogP contribution is -2.42. The van der Waals surface area contributed by atoms with E-state index in [0.29, 0.717) is 31.8 Å². The Kier molecular flexibility index (Phi) is 4.66. The molecule has 4 nitrogen and oxygen atoms in total. The minimum atomic E-state index is -0.250. The van der Waals surface area contributed by atoms with Gasteiger partial charge in [0.2, 0.25) is 5.91 Å². The summed E-state index contributed by atoms with van der Waals surface area (Å²) in [5.74, 6) is 0.132. The summed E-state index contributed by atoms with van der Waals surface area (Å²) in [6.07, 6.45) is 1.34. The number of hydrogen-bond acceptors (Lipinski definition) is 2. The van der Waals surface area contributed by atoms with Crippen LogP contribution in [-0.2, 0) is 4.79 Å². The van der Waals surface area contributed by atoms with Crippen LogP contribution in [0, 0.1) is 12.8 Å². The summed E-state index contributed by atoms with van der Waals surface area (Å²) in [7, 11) is 0. The maximum atomic E-state index is 12.7. The predicted molar refractivity (Wildman–Crippen MR) is 83.1 cm³/mol. The summed E-state index contributed by atoms with van der Waals surface area (Å²) in [5.41, 5.74) is 8.29. The first-order valence-corrected chi connectivity index (χ1v) is 7.59. The molecule has 0 atom stereocenters. The van der Waals surface area contributed by atoms with Gasteiger partial charge in [0.25, 0.3) is 5.91 Å². The largest absolute Gasteiger partial charge is 0.369 e. The van der Waals surface area contributed by atoms with E-state index < -0.39 is 0 Å². The Morgan fingerprint density at radius 3 is 2.38 bits per heavy atom. The van der Waals surface area contributed by atoms with Gasteiger partial charge in [0.1, 0.15) is 0 Å².